The van der Waals surface area contributed by atoms with Gasteiger partial charge in [-0.3, -0.25) is 4.90 Å². The lowest BCUT2D eigenvalue weighted by atomic mass is 10.1. The quantitative estimate of drug-likeness (QED) is 0.917. The molecule has 0 radical (unpaired) electrons. The molecule has 1 aliphatic heterocycles. The van der Waals surface area contributed by atoms with E-state index in [1.165, 1.54) is 16.8 Å². The first kappa shape index (κ1) is 13.2. The lowest BCUT2D eigenvalue weighted by Gasteiger charge is -2.19. The van der Waals surface area contributed by atoms with Crippen LogP contribution in [0.4, 0.5) is 0 Å². The third-order valence-corrected chi connectivity index (χ3v) is 3.80. The fourth-order valence-corrected chi connectivity index (χ4v) is 2.66. The van der Waals surface area contributed by atoms with E-state index in [0.717, 1.165) is 38.3 Å². The van der Waals surface area contributed by atoms with Gasteiger partial charge in [-0.1, -0.05) is 30.3 Å². The van der Waals surface area contributed by atoms with Crippen molar-refractivity contribution in [1.29, 1.82) is 0 Å². The molecule has 0 bridgehead atoms. The molecule has 2 heterocycles. The first-order valence-corrected chi connectivity index (χ1v) is 7.15. The standard InChI is InChI=1S/C16H20N4/c17-10-16-18-11-14-6-8-20(9-7-15(14)19-16)12-13-4-2-1-3-5-13/h1-5,11H,6-10,12,17H2. The fourth-order valence-electron chi connectivity index (χ4n) is 2.66. The maximum Gasteiger partial charge on any atom is 0.142 e. The van der Waals surface area contributed by atoms with Crippen LogP contribution in [-0.2, 0) is 25.9 Å². The summed E-state index contributed by atoms with van der Waals surface area (Å²) in [5.74, 6) is 0.750. The van der Waals surface area contributed by atoms with Gasteiger partial charge in [-0.05, 0) is 17.5 Å². The fraction of sp³-hybridized carbons (Fsp3) is 0.375. The summed E-state index contributed by atoms with van der Waals surface area (Å²) >= 11 is 0. The molecule has 4 heteroatoms. The number of hydrogen-bond acceptors (Lipinski definition) is 4. The second kappa shape index (κ2) is 6.11. The van der Waals surface area contributed by atoms with E-state index in [4.69, 9.17) is 5.73 Å². The molecule has 0 aliphatic carbocycles. The van der Waals surface area contributed by atoms with E-state index in [2.05, 4.69) is 45.2 Å². The summed E-state index contributed by atoms with van der Waals surface area (Å²) in [4.78, 5) is 11.4. The van der Waals surface area contributed by atoms with E-state index >= 15 is 0 Å². The summed E-state index contributed by atoms with van der Waals surface area (Å²) in [6.45, 7) is 3.53. The van der Waals surface area contributed by atoms with E-state index in [1.807, 2.05) is 6.20 Å². The van der Waals surface area contributed by atoms with Crippen LogP contribution < -0.4 is 5.73 Å². The van der Waals surface area contributed by atoms with E-state index < -0.39 is 0 Å². The predicted molar refractivity (Wildman–Crippen MR) is 79.1 cm³/mol. The van der Waals surface area contributed by atoms with Gasteiger partial charge in [-0.15, -0.1) is 0 Å². The van der Waals surface area contributed by atoms with Crippen LogP contribution in [-0.4, -0.2) is 28.0 Å². The van der Waals surface area contributed by atoms with Crippen molar-refractivity contribution in [2.24, 2.45) is 5.73 Å². The minimum atomic E-state index is 0.418. The molecule has 3 rings (SSSR count). The Morgan fingerprint density at radius 1 is 1.10 bits per heavy atom. The third kappa shape index (κ3) is 3.03. The number of nitrogens with two attached hydrogens (primary N) is 1. The minimum Gasteiger partial charge on any atom is -0.324 e. The summed E-state index contributed by atoms with van der Waals surface area (Å²) in [5, 5.41) is 0. The highest BCUT2D eigenvalue weighted by molar-refractivity contribution is 5.21. The van der Waals surface area contributed by atoms with E-state index in [9.17, 15) is 0 Å². The maximum absolute atomic E-state index is 5.62. The van der Waals surface area contributed by atoms with Crippen LogP contribution in [0.3, 0.4) is 0 Å². The molecule has 20 heavy (non-hydrogen) atoms. The van der Waals surface area contributed by atoms with Gasteiger partial charge in [-0.2, -0.15) is 0 Å². The van der Waals surface area contributed by atoms with Crippen LogP contribution >= 0.6 is 0 Å². The van der Waals surface area contributed by atoms with Crippen LogP contribution in [0.5, 0.6) is 0 Å². The third-order valence-electron chi connectivity index (χ3n) is 3.80. The van der Waals surface area contributed by atoms with Crippen molar-refractivity contribution in [3.8, 4) is 0 Å². The molecule has 0 unspecified atom stereocenters. The normalized spacial score (nSPS) is 15.7. The molecule has 2 aromatic rings. The average molecular weight is 268 g/mol. The molecule has 1 aromatic heterocycles. The van der Waals surface area contributed by atoms with Crippen molar-refractivity contribution < 1.29 is 0 Å². The van der Waals surface area contributed by atoms with Crippen LogP contribution in [0, 0.1) is 0 Å². The van der Waals surface area contributed by atoms with Crippen molar-refractivity contribution in [2.45, 2.75) is 25.9 Å². The van der Waals surface area contributed by atoms with E-state index in [-0.39, 0.29) is 0 Å². The first-order valence-electron chi connectivity index (χ1n) is 7.15. The van der Waals surface area contributed by atoms with Gasteiger partial charge in [0.15, 0.2) is 0 Å². The van der Waals surface area contributed by atoms with Gasteiger partial charge in [0.25, 0.3) is 0 Å². The maximum atomic E-state index is 5.62. The van der Waals surface area contributed by atoms with Crippen LogP contribution in [0.15, 0.2) is 36.5 Å². The molecule has 4 nitrogen and oxygen atoms in total. The Labute approximate surface area is 119 Å². The van der Waals surface area contributed by atoms with Crippen LogP contribution in [0.2, 0.25) is 0 Å². The largest absolute Gasteiger partial charge is 0.324 e. The number of nitrogens with zero attached hydrogens (tertiary/aromatic N) is 3. The Morgan fingerprint density at radius 2 is 1.90 bits per heavy atom. The highest BCUT2D eigenvalue weighted by Crippen LogP contribution is 2.15. The number of aromatic nitrogens is 2. The zero-order valence-corrected chi connectivity index (χ0v) is 11.6. The van der Waals surface area contributed by atoms with Crippen molar-refractivity contribution in [3.63, 3.8) is 0 Å². The summed E-state index contributed by atoms with van der Waals surface area (Å²) in [7, 11) is 0. The van der Waals surface area contributed by atoms with Crippen molar-refractivity contribution in [1.82, 2.24) is 14.9 Å². The van der Waals surface area contributed by atoms with Crippen molar-refractivity contribution in [2.75, 3.05) is 13.1 Å². The molecular formula is C16H20N4. The summed E-state index contributed by atoms with van der Waals surface area (Å²) in [5.41, 5.74) is 9.44. The SMILES string of the molecule is NCc1ncc2c(n1)CCN(Cc1ccccc1)CC2. The Balaban J connectivity index is 1.69. The number of benzene rings is 1. The smallest absolute Gasteiger partial charge is 0.142 e. The number of rotatable bonds is 3. The lowest BCUT2D eigenvalue weighted by molar-refractivity contribution is 0.279. The summed E-state index contributed by atoms with van der Waals surface area (Å²) in [6.07, 6.45) is 3.96. The molecule has 104 valence electrons. The zero-order valence-electron chi connectivity index (χ0n) is 11.6. The molecule has 0 spiro atoms. The Kier molecular flexibility index (Phi) is 4.04. The minimum absolute atomic E-state index is 0.418. The molecule has 0 fully saturated rings. The Bertz CT molecular complexity index is 568. The van der Waals surface area contributed by atoms with Crippen molar-refractivity contribution in [3.05, 3.63) is 59.2 Å². The van der Waals surface area contributed by atoms with Crippen LogP contribution in [0.25, 0.3) is 0 Å². The first-order chi connectivity index (χ1) is 9.85. The zero-order chi connectivity index (χ0) is 13.8. The van der Waals surface area contributed by atoms with Crippen LogP contribution in [0.1, 0.15) is 22.6 Å². The number of hydrogen-bond donors (Lipinski definition) is 1. The molecular weight excluding hydrogens is 248 g/mol. The predicted octanol–water partition coefficient (Wildman–Crippen LogP) is 1.54. The highest BCUT2D eigenvalue weighted by Gasteiger charge is 2.15. The van der Waals surface area contributed by atoms with Gasteiger partial charge >= 0.3 is 0 Å². The van der Waals surface area contributed by atoms with Gasteiger partial charge in [0.05, 0.1) is 6.54 Å². The average Bonchev–Trinajstić information content (AvgIpc) is 2.70. The molecule has 0 saturated carbocycles. The highest BCUT2D eigenvalue weighted by atomic mass is 15.1. The second-order valence-corrected chi connectivity index (χ2v) is 5.22. The van der Waals surface area contributed by atoms with Crippen molar-refractivity contribution >= 4 is 0 Å². The molecule has 0 saturated heterocycles. The molecule has 2 N–H and O–H groups in total. The monoisotopic (exact) mass is 268 g/mol. The van der Waals surface area contributed by atoms with Gasteiger partial charge < -0.3 is 5.73 Å². The van der Waals surface area contributed by atoms with E-state index in [1.54, 1.807) is 0 Å². The molecule has 0 atom stereocenters. The van der Waals surface area contributed by atoms with Gasteiger partial charge in [-0.25, -0.2) is 9.97 Å². The summed E-state index contributed by atoms with van der Waals surface area (Å²) < 4.78 is 0. The number of fused-ring (bicyclic) bond motifs is 1. The Morgan fingerprint density at radius 3 is 2.70 bits per heavy atom. The van der Waals surface area contributed by atoms with E-state index in [0.29, 0.717) is 6.54 Å². The molecule has 1 aliphatic rings. The van der Waals surface area contributed by atoms with Gasteiger partial charge in [0.1, 0.15) is 5.82 Å². The van der Waals surface area contributed by atoms with Gasteiger partial charge in [0, 0.05) is 37.9 Å². The second-order valence-electron chi connectivity index (χ2n) is 5.22. The Hall–Kier alpha value is -1.78. The molecule has 1 aromatic carbocycles. The van der Waals surface area contributed by atoms with Gasteiger partial charge in [0.2, 0.25) is 0 Å². The lowest BCUT2D eigenvalue weighted by Crippen LogP contribution is -2.25. The topological polar surface area (TPSA) is 55.0 Å². The molecule has 0 amide bonds. The summed E-state index contributed by atoms with van der Waals surface area (Å²) in [6, 6.07) is 10.6.